The van der Waals surface area contributed by atoms with Crippen molar-refractivity contribution in [3.63, 3.8) is 0 Å². The fraction of sp³-hybridized carbons (Fsp3) is 0.385. The van der Waals surface area contributed by atoms with Crippen LogP contribution < -0.4 is 16.0 Å². The summed E-state index contributed by atoms with van der Waals surface area (Å²) in [6.45, 7) is 0.368. The molecule has 0 unspecified atom stereocenters. The molecule has 0 heterocycles. The van der Waals surface area contributed by atoms with E-state index in [4.69, 9.17) is 15.8 Å². The Balaban J connectivity index is 2.23. The summed E-state index contributed by atoms with van der Waals surface area (Å²) in [5, 5.41) is 8.59. The Labute approximate surface area is 111 Å². The molecule has 0 atom stereocenters. The third-order valence-corrected chi connectivity index (χ3v) is 2.53. The van der Waals surface area contributed by atoms with E-state index in [0.717, 1.165) is 18.9 Å². The molecule has 6 heteroatoms. The van der Waals surface area contributed by atoms with Gasteiger partial charge in [0.15, 0.2) is 11.6 Å². The molecule has 5 nitrogen and oxygen atoms in total. The number of rotatable bonds is 7. The molecule has 0 aliphatic heterocycles. The monoisotopic (exact) mass is 265 g/mol. The van der Waals surface area contributed by atoms with E-state index >= 15 is 0 Å². The van der Waals surface area contributed by atoms with Crippen molar-refractivity contribution in [2.24, 2.45) is 5.84 Å². The summed E-state index contributed by atoms with van der Waals surface area (Å²) >= 11 is 0. The third-order valence-electron chi connectivity index (χ3n) is 2.53. The Bertz CT molecular complexity index is 471. The highest BCUT2D eigenvalue weighted by molar-refractivity contribution is 5.75. The Hall–Kier alpha value is -2.13. The number of nitrogens with zero attached hydrogens (tertiary/aromatic N) is 1. The van der Waals surface area contributed by atoms with Gasteiger partial charge < -0.3 is 4.74 Å². The molecule has 1 rings (SSSR count). The van der Waals surface area contributed by atoms with Crippen molar-refractivity contribution in [2.75, 3.05) is 6.61 Å². The lowest BCUT2D eigenvalue weighted by atomic mass is 10.2. The van der Waals surface area contributed by atoms with E-state index in [-0.39, 0.29) is 17.2 Å². The summed E-state index contributed by atoms with van der Waals surface area (Å²) < 4.78 is 18.7. The molecule has 1 aromatic carbocycles. The number of benzene rings is 1. The lowest BCUT2D eigenvalue weighted by Gasteiger charge is -2.07. The fourth-order valence-corrected chi connectivity index (χ4v) is 1.51. The summed E-state index contributed by atoms with van der Waals surface area (Å²) in [4.78, 5) is 10.8. The zero-order valence-electron chi connectivity index (χ0n) is 10.5. The number of hydrogen-bond donors (Lipinski definition) is 2. The van der Waals surface area contributed by atoms with Gasteiger partial charge in [0, 0.05) is 6.42 Å². The van der Waals surface area contributed by atoms with Crippen LogP contribution in [0.5, 0.6) is 5.75 Å². The molecule has 102 valence electrons. The molecule has 0 bridgehead atoms. The van der Waals surface area contributed by atoms with Gasteiger partial charge in [0.25, 0.3) is 0 Å². The van der Waals surface area contributed by atoms with Crippen molar-refractivity contribution in [2.45, 2.75) is 25.7 Å². The van der Waals surface area contributed by atoms with Gasteiger partial charge in [-0.25, -0.2) is 10.2 Å². The van der Waals surface area contributed by atoms with Gasteiger partial charge in [0.05, 0.1) is 18.2 Å². The van der Waals surface area contributed by atoms with Crippen LogP contribution in [0.25, 0.3) is 0 Å². The van der Waals surface area contributed by atoms with Crippen LogP contribution in [0.15, 0.2) is 18.2 Å². The van der Waals surface area contributed by atoms with E-state index in [9.17, 15) is 9.18 Å². The highest BCUT2D eigenvalue weighted by Gasteiger charge is 2.04. The highest BCUT2D eigenvalue weighted by atomic mass is 19.1. The second kappa shape index (κ2) is 8.06. The van der Waals surface area contributed by atoms with E-state index < -0.39 is 5.82 Å². The molecule has 0 aliphatic rings. The van der Waals surface area contributed by atoms with Gasteiger partial charge in [-0.1, -0.05) is 0 Å². The molecule has 3 N–H and O–H groups in total. The van der Waals surface area contributed by atoms with Crippen molar-refractivity contribution >= 4 is 5.91 Å². The minimum Gasteiger partial charge on any atom is -0.491 e. The zero-order valence-corrected chi connectivity index (χ0v) is 10.5. The Morgan fingerprint density at radius 2 is 2.21 bits per heavy atom. The first-order chi connectivity index (χ1) is 9.17. The Morgan fingerprint density at radius 3 is 2.84 bits per heavy atom. The van der Waals surface area contributed by atoms with Crippen molar-refractivity contribution in [1.82, 2.24) is 5.43 Å². The van der Waals surface area contributed by atoms with Crippen LogP contribution in [0, 0.1) is 17.1 Å². The van der Waals surface area contributed by atoms with Crippen molar-refractivity contribution < 1.29 is 13.9 Å². The van der Waals surface area contributed by atoms with E-state index in [1.54, 1.807) is 0 Å². The predicted octanol–water partition coefficient (Wildman–Crippen LogP) is 1.63. The molecule has 0 spiro atoms. The zero-order chi connectivity index (χ0) is 14.1. The molecule has 0 saturated carbocycles. The average Bonchev–Trinajstić information content (AvgIpc) is 2.43. The molecule has 1 aromatic rings. The third kappa shape index (κ3) is 5.36. The van der Waals surface area contributed by atoms with E-state index in [2.05, 4.69) is 5.43 Å². The normalized spacial score (nSPS) is 9.74. The van der Waals surface area contributed by atoms with Crippen LogP contribution in [-0.2, 0) is 4.79 Å². The first kappa shape index (κ1) is 14.9. The molecular formula is C13H16FN3O2. The average molecular weight is 265 g/mol. The smallest absolute Gasteiger partial charge is 0.233 e. The quantitative estimate of drug-likeness (QED) is 0.339. The number of nitrogens with two attached hydrogens (primary N) is 1. The molecule has 0 aliphatic carbocycles. The Kier molecular flexibility index (Phi) is 6.33. The summed E-state index contributed by atoms with van der Waals surface area (Å²) in [7, 11) is 0. The number of carbonyl (C=O) groups excluding carboxylic acids is 1. The summed E-state index contributed by atoms with van der Waals surface area (Å²) in [5.74, 6) is 4.34. The molecule has 0 fully saturated rings. The highest BCUT2D eigenvalue weighted by Crippen LogP contribution is 2.18. The molecule has 0 aromatic heterocycles. The molecule has 0 saturated heterocycles. The van der Waals surface area contributed by atoms with Gasteiger partial charge in [-0.05, 0) is 37.5 Å². The first-order valence-electron chi connectivity index (χ1n) is 5.99. The maximum absolute atomic E-state index is 13.4. The second-order valence-electron chi connectivity index (χ2n) is 3.98. The van der Waals surface area contributed by atoms with E-state index in [0.29, 0.717) is 19.4 Å². The number of ether oxygens (including phenoxy) is 1. The van der Waals surface area contributed by atoms with Crippen LogP contribution in [0.1, 0.15) is 31.2 Å². The lowest BCUT2D eigenvalue weighted by Crippen LogP contribution is -2.29. The SMILES string of the molecule is N#Cc1ccc(OCCCCCC(=O)NN)c(F)c1. The number of carbonyl (C=O) groups is 1. The maximum Gasteiger partial charge on any atom is 0.233 e. The van der Waals surface area contributed by atoms with Crippen LogP contribution >= 0.6 is 0 Å². The number of amides is 1. The number of halogens is 1. The van der Waals surface area contributed by atoms with Gasteiger partial charge in [-0.15, -0.1) is 0 Å². The predicted molar refractivity (Wildman–Crippen MR) is 67.4 cm³/mol. The first-order valence-corrected chi connectivity index (χ1v) is 5.99. The lowest BCUT2D eigenvalue weighted by molar-refractivity contribution is -0.121. The molecule has 1 amide bonds. The van der Waals surface area contributed by atoms with Crippen molar-refractivity contribution in [1.29, 1.82) is 5.26 Å². The van der Waals surface area contributed by atoms with Gasteiger partial charge >= 0.3 is 0 Å². The minimum atomic E-state index is -0.540. The second-order valence-corrected chi connectivity index (χ2v) is 3.98. The summed E-state index contributed by atoms with van der Waals surface area (Å²) in [5.41, 5.74) is 2.32. The maximum atomic E-state index is 13.4. The molecular weight excluding hydrogens is 249 g/mol. The minimum absolute atomic E-state index is 0.138. The molecule has 19 heavy (non-hydrogen) atoms. The topological polar surface area (TPSA) is 88.1 Å². The van der Waals surface area contributed by atoms with E-state index in [1.165, 1.54) is 12.1 Å². The van der Waals surface area contributed by atoms with Crippen LogP contribution in [0.2, 0.25) is 0 Å². The van der Waals surface area contributed by atoms with E-state index in [1.807, 2.05) is 6.07 Å². The summed E-state index contributed by atoms with van der Waals surface area (Å²) in [6.07, 6.45) is 2.60. The largest absolute Gasteiger partial charge is 0.491 e. The number of nitriles is 1. The van der Waals surface area contributed by atoms with Gasteiger partial charge in [-0.3, -0.25) is 10.2 Å². The number of hydrogen-bond acceptors (Lipinski definition) is 4. The van der Waals surface area contributed by atoms with Crippen molar-refractivity contribution in [3.05, 3.63) is 29.6 Å². The number of hydrazine groups is 1. The Morgan fingerprint density at radius 1 is 1.42 bits per heavy atom. The standard InChI is InChI=1S/C13H16FN3O2/c14-11-8-10(9-15)5-6-12(11)19-7-3-1-2-4-13(18)17-16/h5-6,8H,1-4,7,16H2,(H,17,18). The van der Waals surface area contributed by atoms with Crippen LogP contribution in [0.4, 0.5) is 4.39 Å². The van der Waals surface area contributed by atoms with Crippen LogP contribution in [0.3, 0.4) is 0 Å². The van der Waals surface area contributed by atoms with Crippen molar-refractivity contribution in [3.8, 4) is 11.8 Å². The number of nitrogens with one attached hydrogen (secondary N) is 1. The van der Waals surface area contributed by atoms with Gasteiger partial charge in [0.2, 0.25) is 5.91 Å². The van der Waals surface area contributed by atoms with Crippen LogP contribution in [-0.4, -0.2) is 12.5 Å². The van der Waals surface area contributed by atoms with Gasteiger partial charge in [0.1, 0.15) is 0 Å². The van der Waals surface area contributed by atoms with Gasteiger partial charge in [-0.2, -0.15) is 5.26 Å². The fourth-order valence-electron chi connectivity index (χ4n) is 1.51. The number of unbranched alkanes of at least 4 members (excludes halogenated alkanes) is 2. The summed E-state index contributed by atoms with van der Waals surface area (Å²) in [6, 6.07) is 5.94. The molecule has 0 radical (unpaired) electrons.